The zero-order valence-electron chi connectivity index (χ0n) is 10.8. The SMILES string of the molecule is Cc1cnn(-c2ccc(-c3cc(N)n(C)n3)cc2)n1. The molecule has 1 aromatic carbocycles. The number of nitrogens with two attached hydrogens (primary N) is 1. The van der Waals surface area contributed by atoms with E-state index in [9.17, 15) is 0 Å². The molecule has 0 saturated carbocycles. The van der Waals surface area contributed by atoms with Crippen molar-refractivity contribution < 1.29 is 0 Å². The molecule has 0 amide bonds. The van der Waals surface area contributed by atoms with Gasteiger partial charge in [0.1, 0.15) is 5.82 Å². The van der Waals surface area contributed by atoms with Crippen LogP contribution in [0.5, 0.6) is 0 Å². The molecule has 6 heteroatoms. The molecule has 0 saturated heterocycles. The quantitative estimate of drug-likeness (QED) is 0.753. The van der Waals surface area contributed by atoms with Gasteiger partial charge in [-0.1, -0.05) is 12.1 Å². The summed E-state index contributed by atoms with van der Waals surface area (Å²) < 4.78 is 1.65. The summed E-state index contributed by atoms with van der Waals surface area (Å²) in [4.78, 5) is 1.60. The molecule has 2 aromatic heterocycles. The zero-order chi connectivity index (χ0) is 13.4. The highest BCUT2D eigenvalue weighted by molar-refractivity contribution is 5.63. The van der Waals surface area contributed by atoms with Crippen LogP contribution in [0, 0.1) is 6.92 Å². The van der Waals surface area contributed by atoms with Gasteiger partial charge in [-0.25, -0.2) is 0 Å². The predicted molar refractivity (Wildman–Crippen MR) is 72.7 cm³/mol. The Kier molecular flexibility index (Phi) is 2.56. The van der Waals surface area contributed by atoms with Crippen molar-refractivity contribution in [3.05, 3.63) is 42.2 Å². The fraction of sp³-hybridized carbons (Fsp3) is 0.154. The van der Waals surface area contributed by atoms with Gasteiger partial charge in [0, 0.05) is 18.7 Å². The molecule has 0 aliphatic rings. The Hall–Kier alpha value is -2.63. The number of aryl methyl sites for hydroxylation is 2. The zero-order valence-corrected chi connectivity index (χ0v) is 10.8. The van der Waals surface area contributed by atoms with Gasteiger partial charge in [-0.05, 0) is 19.1 Å². The predicted octanol–water partition coefficient (Wildman–Crippen LogP) is 1.56. The largest absolute Gasteiger partial charge is 0.384 e. The summed E-state index contributed by atoms with van der Waals surface area (Å²) in [5.41, 5.74) is 9.46. The summed E-state index contributed by atoms with van der Waals surface area (Å²) in [7, 11) is 1.82. The van der Waals surface area contributed by atoms with Crippen molar-refractivity contribution in [3.63, 3.8) is 0 Å². The van der Waals surface area contributed by atoms with E-state index in [1.165, 1.54) is 0 Å². The van der Waals surface area contributed by atoms with Crippen molar-refractivity contribution in [2.24, 2.45) is 7.05 Å². The fourth-order valence-electron chi connectivity index (χ4n) is 1.85. The van der Waals surface area contributed by atoms with Gasteiger partial charge in [-0.15, -0.1) is 0 Å². The third-order valence-electron chi connectivity index (χ3n) is 2.92. The Morgan fingerprint density at radius 3 is 2.37 bits per heavy atom. The number of nitrogens with zero attached hydrogens (tertiary/aromatic N) is 5. The van der Waals surface area contributed by atoms with Crippen LogP contribution in [-0.4, -0.2) is 24.8 Å². The van der Waals surface area contributed by atoms with Gasteiger partial charge >= 0.3 is 0 Å². The van der Waals surface area contributed by atoms with Crippen molar-refractivity contribution in [1.29, 1.82) is 0 Å². The molecule has 3 rings (SSSR count). The van der Waals surface area contributed by atoms with Crippen LogP contribution >= 0.6 is 0 Å². The lowest BCUT2D eigenvalue weighted by atomic mass is 10.1. The average Bonchev–Trinajstić information content (AvgIpc) is 2.97. The Labute approximate surface area is 110 Å². The Bertz CT molecular complexity index is 688. The first kappa shape index (κ1) is 11.5. The highest BCUT2D eigenvalue weighted by atomic mass is 15.5. The molecule has 3 aromatic rings. The Morgan fingerprint density at radius 1 is 1.11 bits per heavy atom. The maximum atomic E-state index is 5.78. The van der Waals surface area contributed by atoms with Gasteiger partial charge < -0.3 is 5.73 Å². The van der Waals surface area contributed by atoms with Crippen molar-refractivity contribution in [1.82, 2.24) is 24.8 Å². The minimum absolute atomic E-state index is 0.642. The van der Waals surface area contributed by atoms with Crippen LogP contribution in [-0.2, 0) is 7.05 Å². The van der Waals surface area contributed by atoms with Crippen molar-refractivity contribution >= 4 is 5.82 Å². The molecule has 2 heterocycles. The molecule has 0 bridgehead atoms. The summed E-state index contributed by atoms with van der Waals surface area (Å²) in [6.45, 7) is 1.91. The summed E-state index contributed by atoms with van der Waals surface area (Å²) in [6.07, 6.45) is 1.73. The summed E-state index contributed by atoms with van der Waals surface area (Å²) in [5.74, 6) is 0.642. The fourth-order valence-corrected chi connectivity index (χ4v) is 1.85. The second-order valence-corrected chi connectivity index (χ2v) is 4.40. The first-order valence-electron chi connectivity index (χ1n) is 5.93. The molecule has 0 aliphatic carbocycles. The number of hydrogen-bond donors (Lipinski definition) is 1. The minimum atomic E-state index is 0.642. The molecule has 2 N–H and O–H groups in total. The molecule has 0 aliphatic heterocycles. The van der Waals surface area contributed by atoms with E-state index in [2.05, 4.69) is 15.3 Å². The van der Waals surface area contributed by atoms with E-state index in [0.717, 1.165) is 22.6 Å². The molecular formula is C13H14N6. The number of nitrogen functional groups attached to an aromatic ring is 1. The first-order valence-corrected chi connectivity index (χ1v) is 5.93. The summed E-state index contributed by atoms with van der Waals surface area (Å²) in [5, 5.41) is 12.8. The second-order valence-electron chi connectivity index (χ2n) is 4.40. The number of aromatic nitrogens is 5. The van der Waals surface area contributed by atoms with Gasteiger partial charge in [0.2, 0.25) is 0 Å². The van der Waals surface area contributed by atoms with Crippen molar-refractivity contribution in [2.75, 3.05) is 5.73 Å². The molecule has 0 spiro atoms. The maximum Gasteiger partial charge on any atom is 0.121 e. The number of hydrogen-bond acceptors (Lipinski definition) is 4. The van der Waals surface area contributed by atoms with Crippen LogP contribution in [0.1, 0.15) is 5.69 Å². The molecular weight excluding hydrogens is 240 g/mol. The van der Waals surface area contributed by atoms with E-state index in [1.807, 2.05) is 44.3 Å². The molecule has 0 atom stereocenters. The van der Waals surface area contributed by atoms with E-state index in [0.29, 0.717) is 5.82 Å². The van der Waals surface area contributed by atoms with Crippen molar-refractivity contribution in [2.45, 2.75) is 6.92 Å². The van der Waals surface area contributed by atoms with E-state index in [1.54, 1.807) is 15.7 Å². The molecule has 6 nitrogen and oxygen atoms in total. The first-order chi connectivity index (χ1) is 9.13. The summed E-state index contributed by atoms with van der Waals surface area (Å²) in [6, 6.07) is 9.73. The molecule has 0 radical (unpaired) electrons. The number of benzene rings is 1. The van der Waals surface area contributed by atoms with E-state index < -0.39 is 0 Å². The Morgan fingerprint density at radius 2 is 1.84 bits per heavy atom. The van der Waals surface area contributed by atoms with E-state index >= 15 is 0 Å². The third-order valence-corrected chi connectivity index (χ3v) is 2.92. The van der Waals surface area contributed by atoms with Crippen molar-refractivity contribution in [3.8, 4) is 16.9 Å². The standard InChI is InChI=1S/C13H14N6/c1-9-8-15-19(16-9)11-5-3-10(4-6-11)12-7-13(14)18(2)17-12/h3-8H,14H2,1-2H3. The molecule has 0 fully saturated rings. The smallest absolute Gasteiger partial charge is 0.121 e. The number of rotatable bonds is 2. The van der Waals surface area contributed by atoms with Crippen LogP contribution in [0.15, 0.2) is 36.5 Å². The molecule has 0 unspecified atom stereocenters. The van der Waals surface area contributed by atoms with Crippen LogP contribution in [0.2, 0.25) is 0 Å². The van der Waals surface area contributed by atoms with Gasteiger partial charge in [-0.3, -0.25) is 4.68 Å². The van der Waals surface area contributed by atoms with Gasteiger partial charge in [0.25, 0.3) is 0 Å². The average molecular weight is 254 g/mol. The molecule has 96 valence electrons. The third kappa shape index (κ3) is 2.08. The van der Waals surface area contributed by atoms with Crippen LogP contribution in [0.4, 0.5) is 5.82 Å². The molecule has 19 heavy (non-hydrogen) atoms. The lowest BCUT2D eigenvalue weighted by Gasteiger charge is -2.01. The minimum Gasteiger partial charge on any atom is -0.384 e. The summed E-state index contributed by atoms with van der Waals surface area (Å²) >= 11 is 0. The highest BCUT2D eigenvalue weighted by Gasteiger charge is 2.06. The van der Waals surface area contributed by atoms with E-state index in [-0.39, 0.29) is 0 Å². The topological polar surface area (TPSA) is 74.6 Å². The normalized spacial score (nSPS) is 10.8. The van der Waals surface area contributed by atoms with E-state index in [4.69, 9.17) is 5.73 Å². The van der Waals surface area contributed by atoms with Gasteiger partial charge in [0.05, 0.1) is 23.3 Å². The second kappa shape index (κ2) is 4.24. The van der Waals surface area contributed by atoms with Crippen LogP contribution in [0.25, 0.3) is 16.9 Å². The lowest BCUT2D eigenvalue weighted by Crippen LogP contribution is -1.98. The van der Waals surface area contributed by atoms with Crippen LogP contribution in [0.3, 0.4) is 0 Å². The van der Waals surface area contributed by atoms with Gasteiger partial charge in [-0.2, -0.15) is 20.1 Å². The highest BCUT2D eigenvalue weighted by Crippen LogP contribution is 2.21. The van der Waals surface area contributed by atoms with Crippen LogP contribution < -0.4 is 5.73 Å². The van der Waals surface area contributed by atoms with Gasteiger partial charge in [0.15, 0.2) is 0 Å². The lowest BCUT2D eigenvalue weighted by molar-refractivity contribution is 0.746. The Balaban J connectivity index is 1.94. The monoisotopic (exact) mass is 254 g/mol. The number of anilines is 1. The maximum absolute atomic E-state index is 5.78.